The molecule has 0 fully saturated rings. The van der Waals surface area contributed by atoms with Gasteiger partial charge in [-0.2, -0.15) is 9.97 Å². The molecule has 0 saturated heterocycles. The zero-order valence-corrected chi connectivity index (χ0v) is 32.1. The van der Waals surface area contributed by atoms with Crippen LogP contribution in [0.4, 0.5) is 0 Å². The SMILES string of the molecule is CC.c1ccc(-c2nc(-c3ccc4c(c3)oc3ccccc34)nc(-n3c4ccc5ccccc5c4c4cccc(-c5cccc6c5sc5ccccc56)c43)n2)cc1. The van der Waals surface area contributed by atoms with E-state index in [9.17, 15) is 0 Å². The van der Waals surface area contributed by atoms with Crippen LogP contribution in [0.3, 0.4) is 0 Å². The molecule has 5 nitrogen and oxygen atoms in total. The van der Waals surface area contributed by atoms with Gasteiger partial charge in [-0.05, 0) is 41.1 Å². The molecule has 0 aliphatic rings. The van der Waals surface area contributed by atoms with Gasteiger partial charge in [-0.3, -0.25) is 4.57 Å². The van der Waals surface area contributed by atoms with Crippen LogP contribution in [0, 0.1) is 0 Å². The first kappa shape index (κ1) is 33.2. The Balaban J connectivity index is 0.00000184. The minimum atomic E-state index is 0.555. The minimum absolute atomic E-state index is 0.555. The summed E-state index contributed by atoms with van der Waals surface area (Å²) < 4.78 is 11.1. The maximum absolute atomic E-state index is 6.33. The molecule has 0 spiro atoms. The summed E-state index contributed by atoms with van der Waals surface area (Å²) in [5.74, 6) is 1.73. The molecule has 0 amide bonds. The van der Waals surface area contributed by atoms with Crippen molar-refractivity contribution in [1.82, 2.24) is 19.5 Å². The molecular formula is C51H34N4OS. The first-order valence-electron chi connectivity index (χ1n) is 19.4. The molecule has 6 heteroatoms. The number of thiophene rings is 1. The van der Waals surface area contributed by atoms with Crippen molar-refractivity contribution in [2.45, 2.75) is 13.8 Å². The second-order valence-electron chi connectivity index (χ2n) is 14.0. The van der Waals surface area contributed by atoms with Gasteiger partial charge in [0, 0.05) is 64.0 Å². The molecule has 4 heterocycles. The van der Waals surface area contributed by atoms with Gasteiger partial charge >= 0.3 is 0 Å². The average Bonchev–Trinajstić information content (AvgIpc) is 3.97. The molecule has 0 bridgehead atoms. The van der Waals surface area contributed by atoms with Crippen molar-refractivity contribution in [2.24, 2.45) is 0 Å². The van der Waals surface area contributed by atoms with Gasteiger partial charge in [-0.25, -0.2) is 4.98 Å². The van der Waals surface area contributed by atoms with Crippen molar-refractivity contribution in [3.63, 3.8) is 0 Å². The highest BCUT2D eigenvalue weighted by molar-refractivity contribution is 7.26. The van der Waals surface area contributed by atoms with Crippen LogP contribution in [0.15, 0.2) is 174 Å². The van der Waals surface area contributed by atoms with E-state index in [1.807, 2.05) is 61.6 Å². The van der Waals surface area contributed by atoms with Gasteiger partial charge in [-0.1, -0.05) is 153 Å². The van der Waals surface area contributed by atoms with Crippen molar-refractivity contribution < 1.29 is 4.42 Å². The lowest BCUT2D eigenvalue weighted by atomic mass is 9.98. The summed E-state index contributed by atoms with van der Waals surface area (Å²) in [5, 5.41) is 9.38. The van der Waals surface area contributed by atoms with Crippen LogP contribution in [0.5, 0.6) is 0 Å². The van der Waals surface area contributed by atoms with Crippen molar-refractivity contribution in [3.05, 3.63) is 170 Å². The molecule has 0 radical (unpaired) electrons. The van der Waals surface area contributed by atoms with Gasteiger partial charge in [0.15, 0.2) is 11.6 Å². The molecule has 8 aromatic carbocycles. The zero-order chi connectivity index (χ0) is 38.0. The van der Waals surface area contributed by atoms with E-state index < -0.39 is 0 Å². The van der Waals surface area contributed by atoms with Crippen LogP contribution in [0.1, 0.15) is 13.8 Å². The van der Waals surface area contributed by atoms with E-state index in [0.29, 0.717) is 17.6 Å². The highest BCUT2D eigenvalue weighted by Crippen LogP contribution is 2.45. The lowest BCUT2D eigenvalue weighted by Gasteiger charge is -2.13. The highest BCUT2D eigenvalue weighted by Gasteiger charge is 2.23. The van der Waals surface area contributed by atoms with E-state index in [4.69, 9.17) is 19.4 Å². The number of hydrogen-bond donors (Lipinski definition) is 0. The Morgan fingerprint density at radius 3 is 2.00 bits per heavy atom. The van der Waals surface area contributed by atoms with Crippen molar-refractivity contribution >= 4 is 86.0 Å². The Kier molecular flexibility index (Phi) is 7.72. The fourth-order valence-corrected chi connectivity index (χ4v) is 9.63. The molecule has 12 rings (SSSR count). The molecule has 4 aromatic heterocycles. The summed E-state index contributed by atoms with van der Waals surface area (Å²) in [4.78, 5) is 15.8. The van der Waals surface area contributed by atoms with Crippen LogP contribution in [0.25, 0.3) is 115 Å². The fraction of sp³-hybridized carbons (Fsp3) is 0.0392. The van der Waals surface area contributed by atoms with Gasteiger partial charge in [-0.15, -0.1) is 11.3 Å². The summed E-state index contributed by atoms with van der Waals surface area (Å²) in [6, 6.07) is 59.6. The van der Waals surface area contributed by atoms with Crippen LogP contribution in [-0.4, -0.2) is 19.5 Å². The van der Waals surface area contributed by atoms with Crippen LogP contribution in [0.2, 0.25) is 0 Å². The number of rotatable bonds is 4. The van der Waals surface area contributed by atoms with E-state index in [0.717, 1.165) is 55.0 Å². The fourth-order valence-electron chi connectivity index (χ4n) is 8.40. The topological polar surface area (TPSA) is 56.7 Å². The van der Waals surface area contributed by atoms with Gasteiger partial charge in [0.05, 0.1) is 11.0 Å². The molecule has 0 atom stereocenters. The van der Waals surface area contributed by atoms with Crippen molar-refractivity contribution in [2.75, 3.05) is 0 Å². The molecule has 0 aliphatic carbocycles. The normalized spacial score (nSPS) is 11.7. The summed E-state index contributed by atoms with van der Waals surface area (Å²) in [7, 11) is 0. The molecule has 0 saturated carbocycles. The highest BCUT2D eigenvalue weighted by atomic mass is 32.1. The third kappa shape index (κ3) is 5.18. The molecule has 0 N–H and O–H groups in total. The van der Waals surface area contributed by atoms with Gasteiger partial charge in [0.2, 0.25) is 5.95 Å². The number of fused-ring (bicyclic) bond motifs is 11. The number of benzene rings is 8. The van der Waals surface area contributed by atoms with E-state index >= 15 is 0 Å². The van der Waals surface area contributed by atoms with E-state index in [1.165, 1.54) is 41.9 Å². The predicted octanol–water partition coefficient (Wildman–Crippen LogP) is 14.4. The van der Waals surface area contributed by atoms with E-state index in [1.54, 1.807) is 0 Å². The number of para-hydroxylation sites is 2. The maximum atomic E-state index is 6.33. The third-order valence-electron chi connectivity index (χ3n) is 10.9. The first-order valence-corrected chi connectivity index (χ1v) is 20.2. The van der Waals surface area contributed by atoms with Gasteiger partial charge < -0.3 is 4.42 Å². The molecule has 0 unspecified atom stereocenters. The van der Waals surface area contributed by atoms with Crippen LogP contribution >= 0.6 is 11.3 Å². The van der Waals surface area contributed by atoms with E-state index in [-0.39, 0.29) is 0 Å². The van der Waals surface area contributed by atoms with Crippen molar-refractivity contribution in [1.29, 1.82) is 0 Å². The smallest absolute Gasteiger partial charge is 0.238 e. The Morgan fingerprint density at radius 1 is 0.474 bits per heavy atom. The minimum Gasteiger partial charge on any atom is -0.456 e. The Hall–Kier alpha value is -7.15. The maximum Gasteiger partial charge on any atom is 0.238 e. The Bertz CT molecular complexity index is 3500. The molecule has 270 valence electrons. The Labute approximate surface area is 332 Å². The zero-order valence-electron chi connectivity index (χ0n) is 31.3. The average molecular weight is 751 g/mol. The monoisotopic (exact) mass is 750 g/mol. The summed E-state index contributed by atoms with van der Waals surface area (Å²) in [5.41, 5.74) is 7.83. The molecular weight excluding hydrogens is 717 g/mol. The third-order valence-corrected chi connectivity index (χ3v) is 12.1. The van der Waals surface area contributed by atoms with Gasteiger partial charge in [0.25, 0.3) is 0 Å². The standard InChI is InChI=1S/C49H28N4OS.C2H6/c1-2-13-30(14-3-1)47-50-48(31-24-26-34-33-16-6-8-22-41(33)54-42(34)28-31)52-49(51-47)53-40-27-25-29-12-4-5-15-32(29)44(40)39-21-10-18-36(45(39)53)38-20-11-19-37-35-17-7-9-23-43(35)55-46(37)38;1-2/h1-28H;1-2H3. The molecule has 57 heavy (non-hydrogen) atoms. The second kappa shape index (κ2) is 13.3. The lowest BCUT2D eigenvalue weighted by molar-refractivity contribution is 0.669. The second-order valence-corrected chi connectivity index (χ2v) is 15.0. The quantitative estimate of drug-likeness (QED) is 0.180. The number of hydrogen-bond acceptors (Lipinski definition) is 5. The lowest BCUT2D eigenvalue weighted by Crippen LogP contribution is -2.07. The number of nitrogens with zero attached hydrogens (tertiary/aromatic N) is 4. The van der Waals surface area contributed by atoms with Gasteiger partial charge in [0.1, 0.15) is 11.2 Å². The number of furan rings is 1. The van der Waals surface area contributed by atoms with E-state index in [2.05, 4.69) is 138 Å². The van der Waals surface area contributed by atoms with Crippen LogP contribution < -0.4 is 0 Å². The van der Waals surface area contributed by atoms with Crippen LogP contribution in [-0.2, 0) is 0 Å². The molecule has 0 aliphatic heterocycles. The predicted molar refractivity (Wildman–Crippen MR) is 239 cm³/mol. The summed E-state index contributed by atoms with van der Waals surface area (Å²) >= 11 is 1.85. The summed E-state index contributed by atoms with van der Waals surface area (Å²) in [6.07, 6.45) is 0. The van der Waals surface area contributed by atoms with Crippen molar-refractivity contribution in [3.8, 4) is 39.9 Å². The largest absolute Gasteiger partial charge is 0.456 e. The molecule has 12 aromatic rings. The first-order chi connectivity index (χ1) is 28.3. The number of aromatic nitrogens is 4. The Morgan fingerprint density at radius 2 is 1.14 bits per heavy atom. The summed E-state index contributed by atoms with van der Waals surface area (Å²) in [6.45, 7) is 4.00.